The summed E-state index contributed by atoms with van der Waals surface area (Å²) < 4.78 is 68.8. The molecular formula is C85H166O17P2. The summed E-state index contributed by atoms with van der Waals surface area (Å²) >= 11 is 0. The number of esters is 4. The van der Waals surface area contributed by atoms with E-state index in [0.29, 0.717) is 25.7 Å². The largest absolute Gasteiger partial charge is 0.472 e. The molecule has 3 N–H and O–H groups in total. The summed E-state index contributed by atoms with van der Waals surface area (Å²) in [6, 6.07) is 0. The van der Waals surface area contributed by atoms with Crippen LogP contribution in [-0.2, 0) is 65.4 Å². The van der Waals surface area contributed by atoms with Crippen LogP contribution in [0.15, 0.2) is 0 Å². The van der Waals surface area contributed by atoms with E-state index < -0.39 is 97.5 Å². The molecule has 0 heterocycles. The van der Waals surface area contributed by atoms with Crippen molar-refractivity contribution in [2.75, 3.05) is 39.6 Å². The van der Waals surface area contributed by atoms with Crippen LogP contribution in [0.1, 0.15) is 458 Å². The summed E-state index contributed by atoms with van der Waals surface area (Å²) in [5.74, 6) is -1.25. The van der Waals surface area contributed by atoms with Gasteiger partial charge in [0.2, 0.25) is 0 Å². The van der Waals surface area contributed by atoms with E-state index in [-0.39, 0.29) is 25.7 Å². The number of unbranched alkanes of at least 4 members (excludes halogenated alkanes) is 56. The second-order valence-electron chi connectivity index (χ2n) is 30.8. The zero-order valence-corrected chi connectivity index (χ0v) is 70.0. The van der Waals surface area contributed by atoms with E-state index in [2.05, 4.69) is 34.6 Å². The first kappa shape index (κ1) is 102. The third kappa shape index (κ3) is 76.8. The fraction of sp³-hybridized carbons (Fsp3) is 0.953. The minimum absolute atomic E-state index is 0.109. The van der Waals surface area contributed by atoms with Gasteiger partial charge in [-0.3, -0.25) is 37.3 Å². The van der Waals surface area contributed by atoms with Gasteiger partial charge in [0.25, 0.3) is 0 Å². The highest BCUT2D eigenvalue weighted by Crippen LogP contribution is 2.45. The van der Waals surface area contributed by atoms with Crippen LogP contribution in [0.25, 0.3) is 0 Å². The van der Waals surface area contributed by atoms with Crippen LogP contribution >= 0.6 is 15.6 Å². The average molecular weight is 1520 g/mol. The molecule has 19 heteroatoms. The Bertz CT molecular complexity index is 1980. The lowest BCUT2D eigenvalue weighted by molar-refractivity contribution is -0.161. The zero-order valence-electron chi connectivity index (χ0n) is 68.2. The van der Waals surface area contributed by atoms with E-state index in [1.165, 1.54) is 283 Å². The molecule has 0 spiro atoms. The smallest absolute Gasteiger partial charge is 0.462 e. The Balaban J connectivity index is 5.21. The maximum absolute atomic E-state index is 13.1. The van der Waals surface area contributed by atoms with Gasteiger partial charge in [-0.15, -0.1) is 0 Å². The minimum Gasteiger partial charge on any atom is -0.462 e. The van der Waals surface area contributed by atoms with Gasteiger partial charge in [0.1, 0.15) is 19.3 Å². The second-order valence-corrected chi connectivity index (χ2v) is 33.7. The first-order chi connectivity index (χ1) is 50.6. The quantitative estimate of drug-likeness (QED) is 0.0222. The molecule has 0 saturated carbocycles. The molecular weight excluding hydrogens is 1350 g/mol. The van der Waals surface area contributed by atoms with Gasteiger partial charge >= 0.3 is 39.5 Å². The Labute approximate surface area is 638 Å². The molecule has 104 heavy (non-hydrogen) atoms. The van der Waals surface area contributed by atoms with Gasteiger partial charge in [-0.1, -0.05) is 407 Å². The number of aliphatic hydroxyl groups is 1. The van der Waals surface area contributed by atoms with Gasteiger partial charge in [0.05, 0.1) is 26.4 Å². The monoisotopic (exact) mass is 1520 g/mol. The van der Waals surface area contributed by atoms with Gasteiger partial charge < -0.3 is 33.8 Å². The molecule has 0 aliphatic rings. The van der Waals surface area contributed by atoms with E-state index in [9.17, 15) is 43.2 Å². The topological polar surface area (TPSA) is 237 Å². The molecule has 3 unspecified atom stereocenters. The van der Waals surface area contributed by atoms with Crippen LogP contribution in [0.4, 0.5) is 0 Å². The van der Waals surface area contributed by atoms with Crippen LogP contribution in [0.3, 0.4) is 0 Å². The molecule has 0 rings (SSSR count). The van der Waals surface area contributed by atoms with Crippen LogP contribution < -0.4 is 0 Å². The lowest BCUT2D eigenvalue weighted by Crippen LogP contribution is -2.30. The predicted molar refractivity (Wildman–Crippen MR) is 428 cm³/mol. The van der Waals surface area contributed by atoms with Gasteiger partial charge in [-0.2, -0.15) is 0 Å². The fourth-order valence-electron chi connectivity index (χ4n) is 13.3. The van der Waals surface area contributed by atoms with E-state index in [0.717, 1.165) is 95.8 Å². The first-order valence-electron chi connectivity index (χ1n) is 44.2. The zero-order chi connectivity index (χ0) is 76.2. The molecule has 0 aromatic carbocycles. The van der Waals surface area contributed by atoms with Crippen molar-refractivity contribution >= 4 is 39.5 Å². The van der Waals surface area contributed by atoms with E-state index in [1.54, 1.807) is 0 Å². The normalized spacial score (nSPS) is 14.0. The summed E-state index contributed by atoms with van der Waals surface area (Å²) in [7, 11) is -9.92. The third-order valence-corrected chi connectivity index (χ3v) is 22.3. The minimum atomic E-state index is -4.96. The molecule has 618 valence electrons. The lowest BCUT2D eigenvalue weighted by Gasteiger charge is -2.21. The number of aliphatic hydroxyl groups excluding tert-OH is 1. The molecule has 0 aromatic heterocycles. The number of phosphoric ester groups is 2. The summed E-state index contributed by atoms with van der Waals surface area (Å²) in [5.41, 5.74) is 0. The summed E-state index contributed by atoms with van der Waals surface area (Å²) in [4.78, 5) is 73.1. The Hall–Kier alpha value is -1.94. The molecule has 0 aromatic rings. The molecule has 6 atom stereocenters. The van der Waals surface area contributed by atoms with Crippen molar-refractivity contribution in [3.8, 4) is 0 Å². The van der Waals surface area contributed by atoms with E-state index in [1.807, 2.05) is 0 Å². The van der Waals surface area contributed by atoms with Crippen LogP contribution in [0.5, 0.6) is 0 Å². The van der Waals surface area contributed by atoms with Crippen molar-refractivity contribution in [2.45, 2.75) is 477 Å². The number of hydrogen-bond acceptors (Lipinski definition) is 15. The number of hydrogen-bond donors (Lipinski definition) is 3. The lowest BCUT2D eigenvalue weighted by atomic mass is 9.99. The van der Waals surface area contributed by atoms with E-state index >= 15 is 0 Å². The molecule has 0 fully saturated rings. The molecule has 0 amide bonds. The average Bonchev–Trinajstić information content (AvgIpc) is 0.952. The molecule has 0 saturated heterocycles. The highest BCUT2D eigenvalue weighted by Gasteiger charge is 2.30. The molecule has 17 nitrogen and oxygen atoms in total. The van der Waals surface area contributed by atoms with Crippen molar-refractivity contribution in [2.24, 2.45) is 5.92 Å². The Morgan fingerprint density at radius 3 is 0.683 bits per heavy atom. The summed E-state index contributed by atoms with van der Waals surface area (Å²) in [5, 5.41) is 10.7. The van der Waals surface area contributed by atoms with Crippen molar-refractivity contribution in [3.05, 3.63) is 0 Å². The Morgan fingerprint density at radius 2 is 0.462 bits per heavy atom. The number of carbonyl (C=O) groups excluding carboxylic acids is 4. The number of carbonyl (C=O) groups is 4. The predicted octanol–water partition coefficient (Wildman–Crippen LogP) is 26.0. The van der Waals surface area contributed by atoms with Gasteiger partial charge in [0, 0.05) is 25.7 Å². The van der Waals surface area contributed by atoms with Gasteiger partial charge in [-0.05, 0) is 31.6 Å². The standard InChI is InChI=1S/C85H166O17P2/c1-6-10-13-16-19-22-25-27-29-30-31-32-33-34-35-36-42-46-51-56-61-66-71-85(90)102-81(75-96-83(88)69-64-59-54-49-44-41-38-37-39-43-47-52-57-62-67-78(5)9-4)77-100-104(93,94)98-73-79(86)72-97-103(91,92)99-76-80(74-95-82(87)68-63-58-53-48-24-21-18-15-12-8-3)101-84(89)70-65-60-55-50-45-40-28-26-23-20-17-14-11-7-2/h78-81,86H,6-77H2,1-5H3,(H,91,92)(H,93,94)/t78?,79-,80+,81+/m0/s1. The van der Waals surface area contributed by atoms with Crippen molar-refractivity contribution in [1.29, 1.82) is 0 Å². The van der Waals surface area contributed by atoms with E-state index in [4.69, 9.17) is 37.0 Å². The first-order valence-corrected chi connectivity index (χ1v) is 47.2. The third-order valence-electron chi connectivity index (χ3n) is 20.4. The SMILES string of the molecule is CCCCCCCCCCCCCCCCCCCCCCCCC(=O)O[C@H](COC(=O)CCCCCCCCCCCCCCCCC(C)CC)COP(=O)(O)OC[C@@H](O)COP(=O)(O)OC[C@@H](COC(=O)CCCCCCCCCCCC)OC(=O)CCCCCCCCCCCCCCCC. The maximum atomic E-state index is 13.1. The van der Waals surface area contributed by atoms with Crippen molar-refractivity contribution in [1.82, 2.24) is 0 Å². The van der Waals surface area contributed by atoms with Crippen LogP contribution in [0, 0.1) is 5.92 Å². The molecule has 0 bridgehead atoms. The van der Waals surface area contributed by atoms with Crippen molar-refractivity contribution < 1.29 is 80.2 Å². The number of ether oxygens (including phenoxy) is 4. The summed E-state index contributed by atoms with van der Waals surface area (Å²) in [6.45, 7) is 7.40. The van der Waals surface area contributed by atoms with Crippen molar-refractivity contribution in [3.63, 3.8) is 0 Å². The molecule has 0 aliphatic heterocycles. The number of rotatable bonds is 85. The highest BCUT2D eigenvalue weighted by atomic mass is 31.2. The molecule has 0 radical (unpaired) electrons. The summed E-state index contributed by atoms with van der Waals surface area (Å²) in [6.07, 6.45) is 70.8. The Kier molecular flexibility index (Phi) is 76.3. The Morgan fingerprint density at radius 1 is 0.269 bits per heavy atom. The fourth-order valence-corrected chi connectivity index (χ4v) is 14.8. The van der Waals surface area contributed by atoms with Crippen LogP contribution in [-0.4, -0.2) is 96.7 Å². The maximum Gasteiger partial charge on any atom is 0.472 e. The van der Waals surface area contributed by atoms with Gasteiger partial charge in [0.15, 0.2) is 12.2 Å². The molecule has 0 aliphatic carbocycles. The van der Waals surface area contributed by atoms with Crippen LogP contribution in [0.2, 0.25) is 0 Å². The highest BCUT2D eigenvalue weighted by molar-refractivity contribution is 7.47. The van der Waals surface area contributed by atoms with Gasteiger partial charge in [-0.25, -0.2) is 9.13 Å². The second kappa shape index (κ2) is 77.8. The number of phosphoric acid groups is 2.